The van der Waals surface area contributed by atoms with Crippen LogP contribution in [0.3, 0.4) is 0 Å². The summed E-state index contributed by atoms with van der Waals surface area (Å²) in [5, 5.41) is 0. The van der Waals surface area contributed by atoms with Crippen LogP contribution < -0.4 is 0 Å². The second-order valence-electron chi connectivity index (χ2n) is 4.60. The van der Waals surface area contributed by atoms with Crippen LogP contribution >= 0.6 is 0 Å². The van der Waals surface area contributed by atoms with Gasteiger partial charge >= 0.3 is 16.4 Å². The molecule has 1 atom stereocenters. The summed E-state index contributed by atoms with van der Waals surface area (Å²) in [6.07, 6.45) is -0.834. The smallest absolute Gasteiger partial charge is 0.425 e. The topological polar surface area (TPSA) is 72.9 Å². The fourth-order valence-electron chi connectivity index (χ4n) is 1.21. The van der Waals surface area contributed by atoms with Gasteiger partial charge in [-0.15, -0.1) is 0 Å². The molecule has 1 fully saturated rings. The van der Waals surface area contributed by atoms with E-state index in [2.05, 4.69) is 0 Å². The van der Waals surface area contributed by atoms with E-state index in [4.69, 9.17) is 8.92 Å². The molecule has 0 aliphatic carbocycles. The highest BCUT2D eigenvalue weighted by molar-refractivity contribution is 7.85. The Balaban J connectivity index is 2.78. The van der Waals surface area contributed by atoms with Crippen molar-refractivity contribution >= 4 is 16.4 Å². The van der Waals surface area contributed by atoms with Crippen LogP contribution in [-0.2, 0) is 19.2 Å². The van der Waals surface area contributed by atoms with Crippen molar-refractivity contribution in [3.05, 3.63) is 0 Å². The molecule has 1 aliphatic rings. The zero-order valence-corrected chi connectivity index (χ0v) is 10.7. The molecule has 16 heavy (non-hydrogen) atoms. The van der Waals surface area contributed by atoms with E-state index < -0.39 is 28.1 Å². The molecule has 1 rings (SSSR count). The zero-order valence-electron chi connectivity index (χ0n) is 9.89. The number of hydrogen-bond acceptors (Lipinski definition) is 5. The second kappa shape index (κ2) is 4.21. The van der Waals surface area contributed by atoms with E-state index in [9.17, 15) is 13.2 Å². The van der Waals surface area contributed by atoms with Crippen molar-refractivity contribution in [3.8, 4) is 0 Å². The summed E-state index contributed by atoms with van der Waals surface area (Å²) >= 11 is 0. The molecule has 0 spiro atoms. The van der Waals surface area contributed by atoms with Crippen molar-refractivity contribution in [2.75, 3.05) is 6.54 Å². The molecule has 0 aromatic carbocycles. The van der Waals surface area contributed by atoms with E-state index in [-0.39, 0.29) is 6.54 Å². The molecule has 0 bridgehead atoms. The summed E-state index contributed by atoms with van der Waals surface area (Å²) in [7, 11) is -3.96. The average molecular weight is 251 g/mol. The van der Waals surface area contributed by atoms with Gasteiger partial charge in [0.1, 0.15) is 5.60 Å². The maximum absolute atomic E-state index is 11.6. The molecular weight excluding hydrogens is 234 g/mol. The van der Waals surface area contributed by atoms with E-state index >= 15 is 0 Å². The quantitative estimate of drug-likeness (QED) is 0.702. The summed E-state index contributed by atoms with van der Waals surface area (Å²) in [5.74, 6) is 0. The van der Waals surface area contributed by atoms with Crippen LogP contribution in [-0.4, -0.2) is 37.1 Å². The average Bonchev–Trinajstić information content (AvgIpc) is 2.37. The lowest BCUT2D eigenvalue weighted by molar-refractivity contribution is 0.0397. The summed E-state index contributed by atoms with van der Waals surface area (Å²) < 4.78 is 33.3. The van der Waals surface area contributed by atoms with Crippen molar-refractivity contribution in [1.82, 2.24) is 4.31 Å². The van der Waals surface area contributed by atoms with Crippen LogP contribution in [0.4, 0.5) is 4.79 Å². The van der Waals surface area contributed by atoms with Gasteiger partial charge in [0.05, 0.1) is 12.6 Å². The van der Waals surface area contributed by atoms with E-state index in [1.807, 2.05) is 0 Å². The summed E-state index contributed by atoms with van der Waals surface area (Å²) in [5.41, 5.74) is -0.725. The molecule has 0 N–H and O–H groups in total. The minimum absolute atomic E-state index is 0.0216. The molecule has 0 radical (unpaired) electrons. The van der Waals surface area contributed by atoms with Gasteiger partial charge in [-0.2, -0.15) is 12.7 Å². The highest BCUT2D eigenvalue weighted by Crippen LogP contribution is 2.22. The van der Waals surface area contributed by atoms with Gasteiger partial charge in [0.2, 0.25) is 0 Å². The van der Waals surface area contributed by atoms with Gasteiger partial charge < -0.3 is 4.74 Å². The number of rotatable bonds is 1. The van der Waals surface area contributed by atoms with Gasteiger partial charge in [0.15, 0.2) is 0 Å². The SMILES string of the molecule is CCC1CN(C(=O)OC(C)(C)C)S(=O)(=O)O1. The minimum Gasteiger partial charge on any atom is -0.443 e. The third kappa shape index (κ3) is 3.08. The molecule has 1 heterocycles. The van der Waals surface area contributed by atoms with E-state index in [0.717, 1.165) is 0 Å². The Labute approximate surface area is 95.8 Å². The standard InChI is InChI=1S/C9H17NO5S/c1-5-7-6-10(16(12,13)15-7)8(11)14-9(2,3)4/h7H,5-6H2,1-4H3. The molecule has 1 aliphatic heterocycles. The molecule has 0 aromatic heterocycles. The molecule has 1 unspecified atom stereocenters. The molecule has 0 aromatic rings. The largest absolute Gasteiger partial charge is 0.443 e. The predicted molar refractivity (Wildman–Crippen MR) is 57.0 cm³/mol. The van der Waals surface area contributed by atoms with Crippen LogP contribution in [0.25, 0.3) is 0 Å². The number of nitrogens with zero attached hydrogens (tertiary/aromatic N) is 1. The van der Waals surface area contributed by atoms with Gasteiger partial charge in [-0.3, -0.25) is 0 Å². The third-order valence-corrected chi connectivity index (χ3v) is 3.30. The number of carbonyl (C=O) groups excluding carboxylic acids is 1. The second-order valence-corrected chi connectivity index (χ2v) is 6.08. The molecular formula is C9H17NO5S. The van der Waals surface area contributed by atoms with Crippen molar-refractivity contribution < 1.29 is 22.1 Å². The third-order valence-electron chi connectivity index (χ3n) is 1.95. The van der Waals surface area contributed by atoms with Crippen molar-refractivity contribution in [2.45, 2.75) is 45.8 Å². The number of ether oxygens (including phenoxy) is 1. The van der Waals surface area contributed by atoms with Crippen molar-refractivity contribution in [1.29, 1.82) is 0 Å². The lowest BCUT2D eigenvalue weighted by Crippen LogP contribution is -2.38. The van der Waals surface area contributed by atoms with Gasteiger partial charge in [0, 0.05) is 0 Å². The highest BCUT2D eigenvalue weighted by Gasteiger charge is 2.41. The van der Waals surface area contributed by atoms with Gasteiger partial charge in [-0.05, 0) is 27.2 Å². The molecule has 6 nitrogen and oxygen atoms in total. The van der Waals surface area contributed by atoms with Crippen LogP contribution in [0, 0.1) is 0 Å². The Morgan fingerprint density at radius 3 is 2.44 bits per heavy atom. The molecule has 1 amide bonds. The lowest BCUT2D eigenvalue weighted by Gasteiger charge is -2.22. The summed E-state index contributed by atoms with van der Waals surface area (Å²) in [6, 6.07) is 0. The Morgan fingerprint density at radius 2 is 2.06 bits per heavy atom. The van der Waals surface area contributed by atoms with Crippen molar-refractivity contribution in [3.63, 3.8) is 0 Å². The van der Waals surface area contributed by atoms with Gasteiger partial charge in [-0.1, -0.05) is 6.92 Å². The monoisotopic (exact) mass is 251 g/mol. The Kier molecular flexibility index (Phi) is 3.49. The number of carbonyl (C=O) groups is 1. The summed E-state index contributed by atoms with van der Waals surface area (Å²) in [6.45, 7) is 6.83. The van der Waals surface area contributed by atoms with Crippen LogP contribution in [0.1, 0.15) is 34.1 Å². The minimum atomic E-state index is -3.96. The van der Waals surface area contributed by atoms with Crippen molar-refractivity contribution in [2.24, 2.45) is 0 Å². The molecule has 0 saturated carbocycles. The molecule has 1 saturated heterocycles. The lowest BCUT2D eigenvalue weighted by atomic mass is 10.2. The molecule has 7 heteroatoms. The Hall–Kier alpha value is -0.820. The van der Waals surface area contributed by atoms with Crippen LogP contribution in [0.2, 0.25) is 0 Å². The van der Waals surface area contributed by atoms with Gasteiger partial charge in [0.25, 0.3) is 0 Å². The normalized spacial score (nSPS) is 24.5. The predicted octanol–water partition coefficient (Wildman–Crippen LogP) is 1.28. The first kappa shape index (κ1) is 13.2. The maximum Gasteiger partial charge on any atom is 0.425 e. The number of amides is 1. The number of hydrogen-bond donors (Lipinski definition) is 0. The first-order chi connectivity index (χ1) is 7.15. The first-order valence-electron chi connectivity index (χ1n) is 5.09. The van der Waals surface area contributed by atoms with E-state index in [1.165, 1.54) is 0 Å². The zero-order chi connectivity index (χ0) is 12.6. The van der Waals surface area contributed by atoms with E-state index in [1.54, 1.807) is 27.7 Å². The fourth-order valence-corrected chi connectivity index (χ4v) is 2.42. The molecule has 94 valence electrons. The Bertz CT molecular complexity index is 370. The fraction of sp³-hybridized carbons (Fsp3) is 0.889. The maximum atomic E-state index is 11.6. The first-order valence-corrected chi connectivity index (χ1v) is 6.46. The Morgan fingerprint density at radius 1 is 1.50 bits per heavy atom. The van der Waals surface area contributed by atoms with E-state index in [0.29, 0.717) is 10.7 Å². The summed E-state index contributed by atoms with van der Waals surface area (Å²) in [4.78, 5) is 11.6. The van der Waals surface area contributed by atoms with Crippen LogP contribution in [0.15, 0.2) is 0 Å². The highest BCUT2D eigenvalue weighted by atomic mass is 32.2. The van der Waals surface area contributed by atoms with Gasteiger partial charge in [-0.25, -0.2) is 8.98 Å². The van der Waals surface area contributed by atoms with Crippen LogP contribution in [0.5, 0.6) is 0 Å².